The first-order chi connectivity index (χ1) is 8.72. The molecule has 1 saturated carbocycles. The summed E-state index contributed by atoms with van der Waals surface area (Å²) in [6.45, 7) is 4.93. The lowest BCUT2D eigenvalue weighted by atomic mass is 9.91. The number of likely N-dealkylation sites (N-methyl/N-ethyl adjacent to an activating group) is 1. The number of hydrogen-bond acceptors (Lipinski definition) is 1. The summed E-state index contributed by atoms with van der Waals surface area (Å²) in [7, 11) is 2.25. The zero-order valence-electron chi connectivity index (χ0n) is 11.1. The Kier molecular flexibility index (Phi) is 1.97. The molecule has 0 aromatic heterocycles. The van der Waals surface area contributed by atoms with Gasteiger partial charge in [-0.15, -0.1) is 0 Å². The standard InChI is InChI=1S/C17H19N/c1-12-16-10-18(2)11-17(12,16)15-8-7-13-5-3-4-6-14(13)9-15/h3-9,12,16H,10-11H2,1-2H3/t12-,16-,17?/m1/s1. The molecule has 2 aromatic carbocycles. The predicted octanol–water partition coefficient (Wildman–Crippen LogP) is 3.29. The van der Waals surface area contributed by atoms with Crippen molar-refractivity contribution in [2.75, 3.05) is 20.1 Å². The van der Waals surface area contributed by atoms with E-state index in [1.165, 1.54) is 23.9 Å². The molecule has 1 heterocycles. The lowest BCUT2D eigenvalue weighted by molar-refractivity contribution is 0.338. The Morgan fingerprint density at radius 1 is 1.11 bits per heavy atom. The minimum atomic E-state index is 0.457. The van der Waals surface area contributed by atoms with Crippen molar-refractivity contribution in [1.82, 2.24) is 4.90 Å². The van der Waals surface area contributed by atoms with E-state index in [1.54, 1.807) is 5.56 Å². The third kappa shape index (κ3) is 1.20. The molecular formula is C17H19N. The first-order valence-corrected chi connectivity index (χ1v) is 6.89. The van der Waals surface area contributed by atoms with E-state index in [2.05, 4.69) is 61.3 Å². The van der Waals surface area contributed by atoms with Gasteiger partial charge in [0.05, 0.1) is 0 Å². The molecule has 0 amide bonds. The predicted molar refractivity (Wildman–Crippen MR) is 75.8 cm³/mol. The summed E-state index contributed by atoms with van der Waals surface area (Å²) in [4.78, 5) is 2.49. The molecule has 0 radical (unpaired) electrons. The van der Waals surface area contributed by atoms with Crippen LogP contribution in [0.4, 0.5) is 0 Å². The van der Waals surface area contributed by atoms with Crippen molar-refractivity contribution in [2.45, 2.75) is 12.3 Å². The first kappa shape index (κ1) is 10.6. The fraction of sp³-hybridized carbons (Fsp3) is 0.412. The van der Waals surface area contributed by atoms with Crippen molar-refractivity contribution in [3.63, 3.8) is 0 Å². The molecule has 2 aromatic rings. The molecule has 1 aliphatic carbocycles. The molecule has 92 valence electrons. The van der Waals surface area contributed by atoms with Crippen molar-refractivity contribution in [1.29, 1.82) is 0 Å². The Morgan fingerprint density at radius 2 is 1.89 bits per heavy atom. The maximum atomic E-state index is 2.49. The van der Waals surface area contributed by atoms with E-state index >= 15 is 0 Å². The van der Waals surface area contributed by atoms with E-state index in [9.17, 15) is 0 Å². The van der Waals surface area contributed by atoms with Gasteiger partial charge in [0, 0.05) is 18.5 Å². The number of benzene rings is 2. The lowest BCUT2D eigenvalue weighted by Crippen LogP contribution is -2.24. The average Bonchev–Trinajstić information content (AvgIpc) is 2.79. The normalized spacial score (nSPS) is 34.8. The van der Waals surface area contributed by atoms with Crippen LogP contribution < -0.4 is 0 Å². The summed E-state index contributed by atoms with van der Waals surface area (Å²) >= 11 is 0. The molecule has 18 heavy (non-hydrogen) atoms. The second-order valence-corrected chi connectivity index (χ2v) is 6.19. The number of hydrogen-bond donors (Lipinski definition) is 0. The van der Waals surface area contributed by atoms with Crippen LogP contribution in [0.5, 0.6) is 0 Å². The van der Waals surface area contributed by atoms with Gasteiger partial charge in [-0.3, -0.25) is 0 Å². The Morgan fingerprint density at radius 3 is 2.67 bits per heavy atom. The fourth-order valence-electron chi connectivity index (χ4n) is 4.20. The summed E-state index contributed by atoms with van der Waals surface area (Å²) in [5, 5.41) is 2.74. The molecular weight excluding hydrogens is 218 g/mol. The molecule has 2 fully saturated rings. The molecule has 1 heteroatoms. The van der Waals surface area contributed by atoms with Gasteiger partial charge in [0.25, 0.3) is 0 Å². The molecule has 4 rings (SSSR count). The Hall–Kier alpha value is -1.34. The van der Waals surface area contributed by atoms with E-state index in [0.717, 1.165) is 11.8 Å². The van der Waals surface area contributed by atoms with Crippen LogP contribution >= 0.6 is 0 Å². The van der Waals surface area contributed by atoms with Crippen LogP contribution in [0.1, 0.15) is 12.5 Å². The van der Waals surface area contributed by atoms with Crippen LogP contribution in [0.3, 0.4) is 0 Å². The second kappa shape index (κ2) is 3.36. The van der Waals surface area contributed by atoms with Crippen molar-refractivity contribution in [3.8, 4) is 0 Å². The van der Waals surface area contributed by atoms with Crippen LogP contribution in [0.25, 0.3) is 10.8 Å². The summed E-state index contributed by atoms with van der Waals surface area (Å²) in [5.41, 5.74) is 2.02. The summed E-state index contributed by atoms with van der Waals surface area (Å²) in [5.74, 6) is 1.73. The van der Waals surface area contributed by atoms with Gasteiger partial charge in [0.1, 0.15) is 0 Å². The average molecular weight is 237 g/mol. The molecule has 1 saturated heterocycles. The van der Waals surface area contributed by atoms with Gasteiger partial charge in [0.2, 0.25) is 0 Å². The number of rotatable bonds is 1. The lowest BCUT2D eigenvalue weighted by Gasteiger charge is -2.19. The van der Waals surface area contributed by atoms with Crippen LogP contribution in [0, 0.1) is 11.8 Å². The van der Waals surface area contributed by atoms with Gasteiger partial charge in [0.15, 0.2) is 0 Å². The minimum Gasteiger partial charge on any atom is -0.305 e. The van der Waals surface area contributed by atoms with E-state index in [0.29, 0.717) is 5.41 Å². The zero-order valence-corrected chi connectivity index (χ0v) is 11.1. The van der Waals surface area contributed by atoms with E-state index in [1.807, 2.05) is 0 Å². The topological polar surface area (TPSA) is 3.24 Å². The maximum Gasteiger partial charge on any atom is 0.0153 e. The first-order valence-electron chi connectivity index (χ1n) is 6.89. The second-order valence-electron chi connectivity index (χ2n) is 6.19. The smallest absolute Gasteiger partial charge is 0.0153 e. The van der Waals surface area contributed by atoms with Gasteiger partial charge in [-0.2, -0.15) is 0 Å². The minimum absolute atomic E-state index is 0.457. The molecule has 3 atom stereocenters. The van der Waals surface area contributed by atoms with Crippen molar-refractivity contribution in [2.24, 2.45) is 11.8 Å². The quantitative estimate of drug-likeness (QED) is 0.735. The van der Waals surface area contributed by atoms with Crippen molar-refractivity contribution < 1.29 is 0 Å². The molecule has 0 N–H and O–H groups in total. The van der Waals surface area contributed by atoms with Crippen molar-refractivity contribution >= 4 is 10.8 Å². The van der Waals surface area contributed by atoms with Gasteiger partial charge in [-0.25, -0.2) is 0 Å². The van der Waals surface area contributed by atoms with Crippen LogP contribution in [0.2, 0.25) is 0 Å². The zero-order chi connectivity index (χ0) is 12.3. The van der Waals surface area contributed by atoms with E-state index in [4.69, 9.17) is 0 Å². The third-order valence-corrected chi connectivity index (χ3v) is 5.30. The van der Waals surface area contributed by atoms with E-state index in [-0.39, 0.29) is 0 Å². The maximum absolute atomic E-state index is 2.49. The Balaban J connectivity index is 1.84. The molecule has 1 nitrogen and oxygen atoms in total. The van der Waals surface area contributed by atoms with Gasteiger partial charge < -0.3 is 4.90 Å². The van der Waals surface area contributed by atoms with E-state index < -0.39 is 0 Å². The van der Waals surface area contributed by atoms with Crippen LogP contribution in [-0.4, -0.2) is 25.0 Å². The van der Waals surface area contributed by atoms with Crippen LogP contribution in [0.15, 0.2) is 42.5 Å². The molecule has 0 spiro atoms. The number of nitrogens with zero attached hydrogens (tertiary/aromatic N) is 1. The fourth-order valence-corrected chi connectivity index (χ4v) is 4.20. The van der Waals surface area contributed by atoms with Crippen molar-refractivity contribution in [3.05, 3.63) is 48.0 Å². The molecule has 0 bridgehead atoms. The molecule has 1 unspecified atom stereocenters. The largest absolute Gasteiger partial charge is 0.305 e. The Bertz CT molecular complexity index is 618. The highest BCUT2D eigenvalue weighted by atomic mass is 15.2. The van der Waals surface area contributed by atoms with Gasteiger partial charge >= 0.3 is 0 Å². The molecule has 1 aliphatic heterocycles. The number of fused-ring (bicyclic) bond motifs is 2. The highest BCUT2D eigenvalue weighted by molar-refractivity contribution is 5.83. The SMILES string of the molecule is C[C@@H]1[C@H]2CN(C)CC12c1ccc2ccccc2c1. The summed E-state index contributed by atoms with van der Waals surface area (Å²) < 4.78 is 0. The summed E-state index contributed by atoms with van der Waals surface area (Å²) in [6.07, 6.45) is 0. The molecule has 2 aliphatic rings. The third-order valence-electron chi connectivity index (χ3n) is 5.30. The Labute approximate surface area is 108 Å². The highest BCUT2D eigenvalue weighted by Crippen LogP contribution is 2.63. The highest BCUT2D eigenvalue weighted by Gasteiger charge is 2.66. The summed E-state index contributed by atoms with van der Waals surface area (Å²) in [6, 6.07) is 15.8. The van der Waals surface area contributed by atoms with Gasteiger partial charge in [-0.1, -0.05) is 49.4 Å². The number of piperidine rings is 1. The van der Waals surface area contributed by atoms with Gasteiger partial charge in [-0.05, 0) is 35.2 Å². The van der Waals surface area contributed by atoms with Crippen LogP contribution in [-0.2, 0) is 5.41 Å². The number of likely N-dealkylation sites (tertiary alicyclic amines) is 1. The monoisotopic (exact) mass is 237 g/mol.